The Hall–Kier alpha value is -0.970. The Bertz CT molecular complexity index is 646. The first kappa shape index (κ1) is 15.4. The van der Waals surface area contributed by atoms with Gasteiger partial charge in [0.25, 0.3) is 0 Å². The lowest BCUT2D eigenvalue weighted by Gasteiger charge is -2.19. The zero-order chi connectivity index (χ0) is 14.9. The molecule has 1 nitrogen and oxygen atoms in total. The van der Waals surface area contributed by atoms with E-state index in [1.807, 2.05) is 0 Å². The fourth-order valence-electron chi connectivity index (χ4n) is 2.08. The van der Waals surface area contributed by atoms with E-state index in [4.69, 9.17) is 11.6 Å². The topological polar surface area (TPSA) is 12.0 Å². The third kappa shape index (κ3) is 2.87. The van der Waals surface area contributed by atoms with Gasteiger partial charge in [0.1, 0.15) is 0 Å². The molecule has 0 aliphatic rings. The molecule has 2 aromatic carbocycles. The summed E-state index contributed by atoms with van der Waals surface area (Å²) in [6.45, 7) is 1.54. The van der Waals surface area contributed by atoms with Gasteiger partial charge in [-0.1, -0.05) is 29.8 Å². The van der Waals surface area contributed by atoms with Crippen LogP contribution < -0.4 is 5.32 Å². The van der Waals surface area contributed by atoms with Crippen molar-refractivity contribution in [3.8, 4) is 0 Å². The number of benzene rings is 2. The molecule has 2 rings (SSSR count). The van der Waals surface area contributed by atoms with Crippen molar-refractivity contribution >= 4 is 27.5 Å². The molecule has 1 unspecified atom stereocenters. The average molecular weight is 361 g/mol. The monoisotopic (exact) mass is 359 g/mol. The smallest absolute Gasteiger partial charge is 0.164 e. The van der Waals surface area contributed by atoms with Gasteiger partial charge < -0.3 is 5.32 Å². The van der Waals surface area contributed by atoms with Gasteiger partial charge in [-0.2, -0.15) is 0 Å². The van der Waals surface area contributed by atoms with Crippen LogP contribution in [0, 0.1) is 18.6 Å². The fourth-order valence-corrected chi connectivity index (χ4v) is 2.59. The first-order chi connectivity index (χ1) is 9.45. The Labute approximate surface area is 130 Å². The summed E-state index contributed by atoms with van der Waals surface area (Å²) in [5, 5.41) is 3.57. The average Bonchev–Trinajstić information content (AvgIpc) is 2.43. The van der Waals surface area contributed by atoms with Gasteiger partial charge >= 0.3 is 0 Å². The van der Waals surface area contributed by atoms with Crippen molar-refractivity contribution in [2.45, 2.75) is 13.0 Å². The van der Waals surface area contributed by atoms with E-state index in [0.29, 0.717) is 15.1 Å². The predicted octanol–water partition coefficient (Wildman–Crippen LogP) is 5.00. The second kappa shape index (κ2) is 6.20. The number of halogens is 4. The molecule has 0 aliphatic carbocycles. The summed E-state index contributed by atoms with van der Waals surface area (Å²) in [7, 11) is 1.70. The van der Waals surface area contributed by atoms with E-state index in [2.05, 4.69) is 21.2 Å². The van der Waals surface area contributed by atoms with E-state index in [1.54, 1.807) is 37.4 Å². The van der Waals surface area contributed by atoms with Gasteiger partial charge in [-0.25, -0.2) is 8.78 Å². The van der Waals surface area contributed by atoms with Gasteiger partial charge in [-0.05, 0) is 53.2 Å². The minimum absolute atomic E-state index is 0.268. The molecule has 0 heterocycles. The maximum absolute atomic E-state index is 14.1. The van der Waals surface area contributed by atoms with E-state index in [-0.39, 0.29) is 5.56 Å². The van der Waals surface area contributed by atoms with Gasteiger partial charge in [0, 0.05) is 10.0 Å². The molecule has 1 N–H and O–H groups in total. The lowest BCUT2D eigenvalue weighted by Crippen LogP contribution is -2.19. The Morgan fingerprint density at radius 2 is 1.85 bits per heavy atom. The van der Waals surface area contributed by atoms with Crippen molar-refractivity contribution in [1.29, 1.82) is 0 Å². The van der Waals surface area contributed by atoms with Crippen molar-refractivity contribution in [2.24, 2.45) is 0 Å². The summed E-state index contributed by atoms with van der Waals surface area (Å²) in [4.78, 5) is 0. The third-order valence-corrected chi connectivity index (χ3v) is 4.40. The SMILES string of the molecule is CNC(c1ccc(Cl)c(Br)c1)c1ccc(C)c(F)c1F. The zero-order valence-electron chi connectivity index (χ0n) is 11.0. The van der Waals surface area contributed by atoms with Crippen LogP contribution >= 0.6 is 27.5 Å². The fraction of sp³-hybridized carbons (Fsp3) is 0.200. The molecule has 0 saturated carbocycles. The van der Waals surface area contributed by atoms with Crippen LogP contribution in [-0.4, -0.2) is 7.05 Å². The van der Waals surface area contributed by atoms with E-state index in [9.17, 15) is 8.78 Å². The molecule has 0 radical (unpaired) electrons. The molecule has 20 heavy (non-hydrogen) atoms. The Kier molecular flexibility index (Phi) is 4.78. The van der Waals surface area contributed by atoms with Crippen LogP contribution in [0.2, 0.25) is 5.02 Å². The number of rotatable bonds is 3. The molecule has 2 aromatic rings. The molecule has 0 fully saturated rings. The molecular formula is C15H13BrClF2N. The van der Waals surface area contributed by atoms with E-state index >= 15 is 0 Å². The maximum atomic E-state index is 14.1. The van der Waals surface area contributed by atoms with Gasteiger partial charge in [-0.15, -0.1) is 0 Å². The second-order valence-electron chi connectivity index (χ2n) is 4.49. The zero-order valence-corrected chi connectivity index (χ0v) is 13.3. The second-order valence-corrected chi connectivity index (χ2v) is 5.76. The summed E-state index contributed by atoms with van der Waals surface area (Å²) in [5.74, 6) is -1.63. The number of hydrogen-bond acceptors (Lipinski definition) is 1. The van der Waals surface area contributed by atoms with Crippen LogP contribution in [-0.2, 0) is 0 Å². The van der Waals surface area contributed by atoms with Crippen LogP contribution in [0.4, 0.5) is 8.78 Å². The summed E-state index contributed by atoms with van der Waals surface area (Å²) >= 11 is 9.28. The van der Waals surface area contributed by atoms with Crippen LogP contribution in [0.1, 0.15) is 22.7 Å². The van der Waals surface area contributed by atoms with Crippen molar-refractivity contribution in [3.05, 3.63) is 68.2 Å². The maximum Gasteiger partial charge on any atom is 0.164 e. The lowest BCUT2D eigenvalue weighted by atomic mass is 9.97. The van der Waals surface area contributed by atoms with Crippen LogP contribution in [0.25, 0.3) is 0 Å². The highest BCUT2D eigenvalue weighted by Gasteiger charge is 2.20. The largest absolute Gasteiger partial charge is 0.309 e. The van der Waals surface area contributed by atoms with Gasteiger partial charge in [0.2, 0.25) is 0 Å². The molecule has 0 spiro atoms. The summed E-state index contributed by atoms with van der Waals surface area (Å²) in [6, 6.07) is 8.01. The number of aryl methyl sites for hydroxylation is 1. The minimum Gasteiger partial charge on any atom is -0.309 e. The number of hydrogen-bond donors (Lipinski definition) is 1. The van der Waals surface area contributed by atoms with Crippen LogP contribution in [0.15, 0.2) is 34.8 Å². The normalized spacial score (nSPS) is 12.5. The van der Waals surface area contributed by atoms with Crippen molar-refractivity contribution in [2.75, 3.05) is 7.05 Å². The van der Waals surface area contributed by atoms with Gasteiger partial charge in [-0.3, -0.25) is 0 Å². The molecule has 0 bridgehead atoms. The molecule has 0 aliphatic heterocycles. The van der Waals surface area contributed by atoms with E-state index in [1.165, 1.54) is 6.92 Å². The molecule has 0 saturated heterocycles. The highest BCUT2D eigenvalue weighted by molar-refractivity contribution is 9.10. The first-order valence-electron chi connectivity index (χ1n) is 6.02. The van der Waals surface area contributed by atoms with Crippen molar-refractivity contribution in [3.63, 3.8) is 0 Å². The quantitative estimate of drug-likeness (QED) is 0.812. The van der Waals surface area contributed by atoms with Crippen molar-refractivity contribution in [1.82, 2.24) is 5.32 Å². The Balaban J connectivity index is 2.52. The van der Waals surface area contributed by atoms with E-state index in [0.717, 1.165) is 5.56 Å². The lowest BCUT2D eigenvalue weighted by molar-refractivity contribution is 0.482. The van der Waals surface area contributed by atoms with Crippen LogP contribution in [0.3, 0.4) is 0 Å². The number of nitrogens with one attached hydrogen (secondary N) is 1. The summed E-state index contributed by atoms with van der Waals surface area (Å²) in [5.41, 5.74) is 1.36. The Morgan fingerprint density at radius 3 is 2.45 bits per heavy atom. The highest BCUT2D eigenvalue weighted by atomic mass is 79.9. The van der Waals surface area contributed by atoms with Crippen molar-refractivity contribution < 1.29 is 8.78 Å². The summed E-state index contributed by atoms with van der Waals surface area (Å²) in [6.07, 6.45) is 0. The molecule has 0 aromatic heterocycles. The predicted molar refractivity (Wildman–Crippen MR) is 81.1 cm³/mol. The standard InChI is InChI=1S/C15H13BrClF2N/c1-8-3-5-10(14(19)13(8)18)15(20-2)9-4-6-12(17)11(16)7-9/h3-7,15,20H,1-2H3. The molecule has 106 valence electrons. The first-order valence-corrected chi connectivity index (χ1v) is 7.19. The Morgan fingerprint density at radius 1 is 1.15 bits per heavy atom. The summed E-state index contributed by atoms with van der Waals surface area (Å²) < 4.78 is 28.5. The highest BCUT2D eigenvalue weighted by Crippen LogP contribution is 2.31. The molecule has 5 heteroatoms. The van der Waals surface area contributed by atoms with E-state index < -0.39 is 17.7 Å². The molecule has 0 amide bonds. The van der Waals surface area contributed by atoms with Gasteiger partial charge in [0.05, 0.1) is 11.1 Å². The minimum atomic E-state index is -0.824. The molecular weight excluding hydrogens is 348 g/mol. The van der Waals surface area contributed by atoms with Gasteiger partial charge in [0.15, 0.2) is 11.6 Å². The van der Waals surface area contributed by atoms with Crippen LogP contribution in [0.5, 0.6) is 0 Å². The third-order valence-electron chi connectivity index (χ3n) is 3.18. The molecule has 1 atom stereocenters.